The number of thioether (sulfide) groups is 1. The van der Waals surface area contributed by atoms with Gasteiger partial charge in [0.2, 0.25) is 0 Å². The highest BCUT2D eigenvalue weighted by Crippen LogP contribution is 2.51. The summed E-state index contributed by atoms with van der Waals surface area (Å²) in [5, 5.41) is 9.78. The highest BCUT2D eigenvalue weighted by Gasteiger charge is 2.44. The van der Waals surface area contributed by atoms with Crippen LogP contribution < -0.4 is 0 Å². The first-order valence-corrected chi connectivity index (χ1v) is 6.64. The van der Waals surface area contributed by atoms with Gasteiger partial charge < -0.3 is 5.11 Å². The second kappa shape index (κ2) is 4.64. The molecule has 1 saturated carbocycles. The Kier molecular flexibility index (Phi) is 3.38. The van der Waals surface area contributed by atoms with E-state index in [0.29, 0.717) is 0 Å². The van der Waals surface area contributed by atoms with Crippen LogP contribution >= 0.6 is 11.8 Å². The Labute approximate surface area is 105 Å². The summed E-state index contributed by atoms with van der Waals surface area (Å²) in [6, 6.07) is 0. The van der Waals surface area contributed by atoms with Gasteiger partial charge in [-0.1, -0.05) is 0 Å². The minimum atomic E-state index is -0.699. The second-order valence-corrected chi connectivity index (χ2v) is 5.73. The van der Waals surface area contributed by atoms with Crippen molar-refractivity contribution in [3.8, 4) is 0 Å². The van der Waals surface area contributed by atoms with Gasteiger partial charge in [-0.3, -0.25) is 9.78 Å². The number of aryl methyl sites for hydroxylation is 2. The van der Waals surface area contributed by atoms with Crippen LogP contribution in [0.25, 0.3) is 0 Å². The van der Waals surface area contributed by atoms with Gasteiger partial charge in [-0.2, -0.15) is 0 Å². The van der Waals surface area contributed by atoms with E-state index in [0.717, 1.165) is 35.0 Å². The number of carboxylic acids is 1. The summed E-state index contributed by atoms with van der Waals surface area (Å²) in [6.45, 7) is 3.85. The Hall–Kier alpha value is -1.10. The Balaban J connectivity index is 1.98. The van der Waals surface area contributed by atoms with Gasteiger partial charge in [-0.25, -0.2) is 4.98 Å². The number of hydrogen-bond donors (Lipinski definition) is 1. The summed E-state index contributed by atoms with van der Waals surface area (Å²) in [5.74, 6) is 0.133. The van der Waals surface area contributed by atoms with Crippen LogP contribution in [0.1, 0.15) is 30.7 Å². The van der Waals surface area contributed by atoms with Gasteiger partial charge in [-0.15, -0.1) is 11.8 Å². The number of carboxylic acid groups (broad SMARTS) is 1. The Morgan fingerprint density at radius 2 is 2.24 bits per heavy atom. The molecule has 1 heterocycles. The second-order valence-electron chi connectivity index (χ2n) is 4.76. The zero-order valence-corrected chi connectivity index (χ0v) is 10.9. The Morgan fingerprint density at radius 3 is 2.82 bits per heavy atom. The predicted octanol–water partition coefficient (Wildman–Crippen LogP) is 2.44. The molecule has 0 radical (unpaired) electrons. The lowest BCUT2D eigenvalue weighted by Crippen LogP contribution is -2.11. The molecule has 2 rings (SSSR count). The molecule has 0 aromatic carbocycles. The molecule has 0 bridgehead atoms. The molecule has 0 amide bonds. The highest BCUT2D eigenvalue weighted by molar-refractivity contribution is 7.99. The quantitative estimate of drug-likeness (QED) is 0.815. The monoisotopic (exact) mass is 252 g/mol. The first kappa shape index (κ1) is 12.4. The fourth-order valence-electron chi connectivity index (χ4n) is 1.74. The number of aromatic nitrogens is 2. The summed E-state index contributed by atoms with van der Waals surface area (Å²) in [7, 11) is 0. The van der Waals surface area contributed by atoms with Gasteiger partial charge in [0.25, 0.3) is 0 Å². The molecule has 1 N–H and O–H groups in total. The summed E-state index contributed by atoms with van der Waals surface area (Å²) in [5.41, 5.74) is 1.84. The highest BCUT2D eigenvalue weighted by atomic mass is 32.2. The predicted molar refractivity (Wildman–Crippen MR) is 66.1 cm³/mol. The van der Waals surface area contributed by atoms with Gasteiger partial charge >= 0.3 is 5.97 Å². The standard InChI is InChI=1S/C12H16N2O2S/c1-8-6-13-9(2)11(14-8)17-7-12(3-4-12)5-10(15)16/h6H,3-5,7H2,1-2H3,(H,15,16). The zero-order chi connectivity index (χ0) is 12.5. The van der Waals surface area contributed by atoms with Crippen LogP contribution in [0.15, 0.2) is 11.2 Å². The van der Waals surface area contributed by atoms with Crippen molar-refractivity contribution in [1.29, 1.82) is 0 Å². The van der Waals surface area contributed by atoms with Crippen molar-refractivity contribution in [2.75, 3.05) is 5.75 Å². The molecule has 0 unspecified atom stereocenters. The zero-order valence-electron chi connectivity index (χ0n) is 10.1. The molecular formula is C12H16N2O2S. The van der Waals surface area contributed by atoms with Crippen molar-refractivity contribution in [2.24, 2.45) is 5.41 Å². The molecule has 1 aromatic heterocycles. The molecule has 92 valence electrons. The van der Waals surface area contributed by atoms with Crippen molar-refractivity contribution in [3.63, 3.8) is 0 Å². The lowest BCUT2D eigenvalue weighted by Gasteiger charge is -2.12. The minimum Gasteiger partial charge on any atom is -0.481 e. The lowest BCUT2D eigenvalue weighted by molar-refractivity contribution is -0.138. The molecule has 17 heavy (non-hydrogen) atoms. The smallest absolute Gasteiger partial charge is 0.303 e. The van der Waals surface area contributed by atoms with Crippen LogP contribution in [0, 0.1) is 19.3 Å². The molecule has 0 aliphatic heterocycles. The lowest BCUT2D eigenvalue weighted by atomic mass is 10.1. The van der Waals surface area contributed by atoms with E-state index in [4.69, 9.17) is 5.11 Å². The molecule has 1 aliphatic carbocycles. The average molecular weight is 252 g/mol. The van der Waals surface area contributed by atoms with E-state index in [1.807, 2.05) is 13.8 Å². The normalized spacial score (nSPS) is 16.8. The van der Waals surface area contributed by atoms with Crippen molar-refractivity contribution >= 4 is 17.7 Å². The largest absolute Gasteiger partial charge is 0.481 e. The van der Waals surface area contributed by atoms with Crippen molar-refractivity contribution in [3.05, 3.63) is 17.6 Å². The first-order chi connectivity index (χ1) is 8.01. The molecule has 1 fully saturated rings. The number of aliphatic carboxylic acids is 1. The SMILES string of the molecule is Cc1cnc(C)c(SCC2(CC(=O)O)CC2)n1. The number of rotatable bonds is 5. The van der Waals surface area contributed by atoms with E-state index >= 15 is 0 Å². The van der Waals surface area contributed by atoms with E-state index in [2.05, 4.69) is 9.97 Å². The van der Waals surface area contributed by atoms with E-state index < -0.39 is 5.97 Å². The number of nitrogens with zero attached hydrogens (tertiary/aromatic N) is 2. The van der Waals surface area contributed by atoms with Gasteiger partial charge in [0, 0.05) is 11.9 Å². The summed E-state index contributed by atoms with van der Waals surface area (Å²) >= 11 is 1.64. The van der Waals surface area contributed by atoms with Crippen LogP contribution in [0.3, 0.4) is 0 Å². The van der Waals surface area contributed by atoms with E-state index in [1.165, 1.54) is 0 Å². The van der Waals surface area contributed by atoms with Crippen LogP contribution in [-0.4, -0.2) is 26.8 Å². The average Bonchev–Trinajstić information content (AvgIpc) is 2.99. The van der Waals surface area contributed by atoms with Crippen molar-refractivity contribution in [2.45, 2.75) is 38.1 Å². The van der Waals surface area contributed by atoms with Gasteiger partial charge in [-0.05, 0) is 32.1 Å². The van der Waals surface area contributed by atoms with Gasteiger partial charge in [0.1, 0.15) is 5.03 Å². The minimum absolute atomic E-state index is 0.00830. The number of hydrogen-bond acceptors (Lipinski definition) is 4. The summed E-state index contributed by atoms with van der Waals surface area (Å²) < 4.78 is 0. The maximum absolute atomic E-state index is 10.8. The number of carbonyl (C=O) groups is 1. The van der Waals surface area contributed by atoms with Crippen LogP contribution in [0.4, 0.5) is 0 Å². The maximum Gasteiger partial charge on any atom is 0.303 e. The first-order valence-electron chi connectivity index (χ1n) is 5.66. The van der Waals surface area contributed by atoms with Gasteiger partial charge in [0.05, 0.1) is 17.8 Å². The molecule has 1 aliphatic rings. The fourth-order valence-corrected chi connectivity index (χ4v) is 3.05. The molecule has 0 atom stereocenters. The molecule has 5 heteroatoms. The molecule has 1 aromatic rings. The summed E-state index contributed by atoms with van der Waals surface area (Å²) in [4.78, 5) is 19.4. The third-order valence-electron chi connectivity index (χ3n) is 3.03. The van der Waals surface area contributed by atoms with Crippen molar-refractivity contribution < 1.29 is 9.90 Å². The van der Waals surface area contributed by atoms with Gasteiger partial charge in [0.15, 0.2) is 0 Å². The Bertz CT molecular complexity index is 444. The third kappa shape index (κ3) is 3.19. The summed E-state index contributed by atoms with van der Waals surface area (Å²) in [6.07, 6.45) is 4.07. The molecule has 4 nitrogen and oxygen atoms in total. The van der Waals surface area contributed by atoms with E-state index in [9.17, 15) is 4.79 Å². The van der Waals surface area contributed by atoms with Crippen LogP contribution in [0.5, 0.6) is 0 Å². The molecular weight excluding hydrogens is 236 g/mol. The maximum atomic E-state index is 10.8. The van der Waals surface area contributed by atoms with Crippen LogP contribution in [-0.2, 0) is 4.79 Å². The molecule has 0 saturated heterocycles. The third-order valence-corrected chi connectivity index (χ3v) is 4.45. The van der Waals surface area contributed by atoms with E-state index in [1.54, 1.807) is 18.0 Å². The topological polar surface area (TPSA) is 63.1 Å². The van der Waals surface area contributed by atoms with E-state index in [-0.39, 0.29) is 11.8 Å². The van der Waals surface area contributed by atoms with Crippen molar-refractivity contribution in [1.82, 2.24) is 9.97 Å². The fraction of sp³-hybridized carbons (Fsp3) is 0.583. The van der Waals surface area contributed by atoms with Crippen LogP contribution in [0.2, 0.25) is 0 Å². The molecule has 0 spiro atoms. The Morgan fingerprint density at radius 1 is 1.53 bits per heavy atom.